The summed E-state index contributed by atoms with van der Waals surface area (Å²) in [6, 6.07) is 12.6. The van der Waals surface area contributed by atoms with Crippen molar-refractivity contribution in [2.75, 3.05) is 25.1 Å². The molecule has 1 fully saturated rings. The number of carbonyl (C=O) groups is 1. The molecule has 0 aliphatic carbocycles. The van der Waals surface area contributed by atoms with E-state index in [-0.39, 0.29) is 22.6 Å². The van der Waals surface area contributed by atoms with Crippen LogP contribution in [0.5, 0.6) is 5.75 Å². The Bertz CT molecular complexity index is 1040. The lowest BCUT2D eigenvalue weighted by Crippen LogP contribution is -2.36. The van der Waals surface area contributed by atoms with Crippen molar-refractivity contribution in [2.24, 2.45) is 0 Å². The first kappa shape index (κ1) is 20.9. The summed E-state index contributed by atoms with van der Waals surface area (Å²) < 4.78 is 33.7. The molecule has 0 saturated carbocycles. The van der Waals surface area contributed by atoms with Crippen molar-refractivity contribution in [1.82, 2.24) is 4.31 Å². The number of para-hydroxylation sites is 1. The maximum Gasteiger partial charge on any atom is 0.258 e. The van der Waals surface area contributed by atoms with Gasteiger partial charge in [-0.15, -0.1) is 0 Å². The maximum absolute atomic E-state index is 13.4. The van der Waals surface area contributed by atoms with Gasteiger partial charge in [-0.25, -0.2) is 8.42 Å². The molecule has 0 spiro atoms. The predicted octanol–water partition coefficient (Wildman–Crippen LogP) is 3.85. The lowest BCUT2D eigenvalue weighted by Gasteiger charge is -2.24. The highest BCUT2D eigenvalue weighted by Gasteiger charge is 2.33. The van der Waals surface area contributed by atoms with Gasteiger partial charge in [0.15, 0.2) is 0 Å². The van der Waals surface area contributed by atoms with Crippen LogP contribution in [0.4, 0.5) is 5.69 Å². The van der Waals surface area contributed by atoms with Gasteiger partial charge in [0.1, 0.15) is 10.6 Å². The van der Waals surface area contributed by atoms with E-state index in [0.717, 1.165) is 43.4 Å². The maximum atomic E-state index is 13.4. The molecule has 2 aromatic carbocycles. The number of methoxy groups -OCH3 is 1. The first-order chi connectivity index (χ1) is 14.4. The second kappa shape index (κ2) is 8.40. The van der Waals surface area contributed by atoms with E-state index >= 15 is 0 Å². The number of carbonyl (C=O) groups excluding carboxylic acids is 1. The van der Waals surface area contributed by atoms with E-state index in [1.807, 2.05) is 31.2 Å². The fourth-order valence-electron chi connectivity index (χ4n) is 4.45. The molecule has 30 heavy (non-hydrogen) atoms. The molecule has 1 saturated heterocycles. The van der Waals surface area contributed by atoms with Gasteiger partial charge in [-0.1, -0.05) is 31.0 Å². The van der Waals surface area contributed by atoms with Crippen LogP contribution in [0.2, 0.25) is 0 Å². The number of hydrogen-bond acceptors (Lipinski definition) is 4. The first-order valence-corrected chi connectivity index (χ1v) is 12.0. The number of amides is 1. The van der Waals surface area contributed by atoms with Gasteiger partial charge in [0.2, 0.25) is 10.0 Å². The molecule has 6 nitrogen and oxygen atoms in total. The molecule has 2 aromatic rings. The zero-order valence-electron chi connectivity index (χ0n) is 17.5. The fraction of sp³-hybridized carbons (Fsp3) is 0.435. The Morgan fingerprint density at radius 2 is 1.73 bits per heavy atom. The summed E-state index contributed by atoms with van der Waals surface area (Å²) in [7, 11) is -2.29. The zero-order valence-corrected chi connectivity index (χ0v) is 18.3. The Morgan fingerprint density at radius 3 is 2.43 bits per heavy atom. The van der Waals surface area contributed by atoms with Gasteiger partial charge in [-0.3, -0.25) is 4.79 Å². The van der Waals surface area contributed by atoms with Crippen LogP contribution in [0.25, 0.3) is 0 Å². The lowest BCUT2D eigenvalue weighted by molar-refractivity contribution is 0.0981. The van der Waals surface area contributed by atoms with E-state index in [2.05, 4.69) is 0 Å². The molecule has 7 heteroatoms. The third-order valence-electron chi connectivity index (χ3n) is 6.02. The minimum absolute atomic E-state index is 0.0164. The monoisotopic (exact) mass is 428 g/mol. The number of anilines is 1. The lowest BCUT2D eigenvalue weighted by atomic mass is 10.1. The molecule has 1 unspecified atom stereocenters. The van der Waals surface area contributed by atoms with Crippen LogP contribution in [-0.4, -0.2) is 44.9 Å². The zero-order chi connectivity index (χ0) is 21.3. The van der Waals surface area contributed by atoms with Crippen LogP contribution in [-0.2, 0) is 16.4 Å². The Morgan fingerprint density at radius 1 is 1.03 bits per heavy atom. The molecule has 2 aliphatic heterocycles. The number of sulfonamides is 1. The van der Waals surface area contributed by atoms with Crippen LogP contribution in [0, 0.1) is 0 Å². The summed E-state index contributed by atoms with van der Waals surface area (Å²) in [4.78, 5) is 15.2. The van der Waals surface area contributed by atoms with Gasteiger partial charge in [0.25, 0.3) is 5.91 Å². The van der Waals surface area contributed by atoms with Crippen molar-refractivity contribution in [3.8, 4) is 5.75 Å². The molecule has 160 valence electrons. The minimum Gasteiger partial charge on any atom is -0.495 e. The summed E-state index contributed by atoms with van der Waals surface area (Å²) in [6.45, 7) is 3.01. The summed E-state index contributed by atoms with van der Waals surface area (Å²) in [6.07, 6.45) is 4.56. The largest absolute Gasteiger partial charge is 0.495 e. The quantitative estimate of drug-likeness (QED) is 0.742. The van der Waals surface area contributed by atoms with E-state index < -0.39 is 10.0 Å². The normalized spacial score (nSPS) is 19.9. The molecular weight excluding hydrogens is 400 g/mol. The molecule has 1 amide bonds. The fourth-order valence-corrected chi connectivity index (χ4v) is 6.15. The SMILES string of the molecule is COc1ccc(C(=O)N2c3ccccc3CC2C)cc1S(=O)(=O)N1CCCCCC1. The summed E-state index contributed by atoms with van der Waals surface area (Å²) in [5.74, 6) is 0.0769. The number of rotatable bonds is 4. The van der Waals surface area contributed by atoms with Gasteiger partial charge in [0, 0.05) is 30.4 Å². The van der Waals surface area contributed by atoms with Crippen LogP contribution in [0.15, 0.2) is 47.4 Å². The standard InChI is InChI=1S/C23H28N2O4S/c1-17-15-18-9-5-6-10-20(18)25(17)23(26)19-11-12-21(29-2)22(16-19)30(27,28)24-13-7-3-4-8-14-24/h5-6,9-12,16-17H,3-4,7-8,13-15H2,1-2H3. The highest BCUT2D eigenvalue weighted by Crippen LogP contribution is 2.35. The van der Waals surface area contributed by atoms with Crippen molar-refractivity contribution < 1.29 is 17.9 Å². The van der Waals surface area contributed by atoms with E-state index in [1.165, 1.54) is 17.5 Å². The molecule has 1 atom stereocenters. The van der Waals surface area contributed by atoms with Gasteiger partial charge in [-0.2, -0.15) is 4.31 Å². The van der Waals surface area contributed by atoms with E-state index in [1.54, 1.807) is 17.0 Å². The third-order valence-corrected chi connectivity index (χ3v) is 7.94. The summed E-state index contributed by atoms with van der Waals surface area (Å²) in [5, 5.41) is 0. The van der Waals surface area contributed by atoms with Crippen molar-refractivity contribution in [3.05, 3.63) is 53.6 Å². The van der Waals surface area contributed by atoms with E-state index in [4.69, 9.17) is 4.74 Å². The van der Waals surface area contributed by atoms with Crippen molar-refractivity contribution in [3.63, 3.8) is 0 Å². The number of fused-ring (bicyclic) bond motifs is 1. The topological polar surface area (TPSA) is 66.9 Å². The molecule has 0 aromatic heterocycles. The van der Waals surface area contributed by atoms with E-state index in [0.29, 0.717) is 18.7 Å². The van der Waals surface area contributed by atoms with Gasteiger partial charge < -0.3 is 9.64 Å². The van der Waals surface area contributed by atoms with Crippen molar-refractivity contribution >= 4 is 21.6 Å². The van der Waals surface area contributed by atoms with Crippen LogP contribution < -0.4 is 9.64 Å². The Hall–Kier alpha value is -2.38. The molecule has 2 heterocycles. The number of nitrogens with zero attached hydrogens (tertiary/aromatic N) is 2. The smallest absolute Gasteiger partial charge is 0.258 e. The van der Waals surface area contributed by atoms with Crippen LogP contribution >= 0.6 is 0 Å². The highest BCUT2D eigenvalue weighted by atomic mass is 32.2. The Labute approximate surface area is 178 Å². The van der Waals surface area contributed by atoms with Crippen LogP contribution in [0.1, 0.15) is 48.5 Å². The minimum atomic E-state index is -3.74. The summed E-state index contributed by atoms with van der Waals surface area (Å²) in [5.41, 5.74) is 2.37. The molecule has 0 bridgehead atoms. The average molecular weight is 429 g/mol. The molecular formula is C23H28N2O4S. The Kier molecular flexibility index (Phi) is 5.84. The molecule has 2 aliphatic rings. The number of ether oxygens (including phenoxy) is 1. The number of hydrogen-bond donors (Lipinski definition) is 0. The summed E-state index contributed by atoms with van der Waals surface area (Å²) >= 11 is 0. The second-order valence-corrected chi connectivity index (χ2v) is 9.95. The van der Waals surface area contributed by atoms with Crippen molar-refractivity contribution in [2.45, 2.75) is 50.0 Å². The first-order valence-electron chi connectivity index (χ1n) is 10.5. The van der Waals surface area contributed by atoms with E-state index in [9.17, 15) is 13.2 Å². The third kappa shape index (κ3) is 3.72. The average Bonchev–Trinajstić information content (AvgIpc) is 2.91. The van der Waals surface area contributed by atoms with Crippen molar-refractivity contribution in [1.29, 1.82) is 0 Å². The van der Waals surface area contributed by atoms with Gasteiger partial charge in [-0.05, 0) is 56.0 Å². The molecule has 0 radical (unpaired) electrons. The molecule has 4 rings (SSSR count). The van der Waals surface area contributed by atoms with Crippen LogP contribution in [0.3, 0.4) is 0 Å². The highest BCUT2D eigenvalue weighted by molar-refractivity contribution is 7.89. The molecule has 0 N–H and O–H groups in total. The second-order valence-electron chi connectivity index (χ2n) is 8.04. The Balaban J connectivity index is 1.72. The number of benzene rings is 2. The predicted molar refractivity (Wildman–Crippen MR) is 117 cm³/mol. The van der Waals surface area contributed by atoms with Gasteiger partial charge >= 0.3 is 0 Å². The van der Waals surface area contributed by atoms with Gasteiger partial charge in [0.05, 0.1) is 7.11 Å².